The Hall–Kier alpha value is -0.890. The van der Waals surface area contributed by atoms with Gasteiger partial charge in [-0.3, -0.25) is 0 Å². The van der Waals surface area contributed by atoms with Gasteiger partial charge in [-0.1, -0.05) is 0 Å². The number of nitrogens with two attached hydrogens (primary N) is 1. The second-order valence-electron chi connectivity index (χ2n) is 2.75. The van der Waals surface area contributed by atoms with Gasteiger partial charge in [0.25, 0.3) is 0 Å². The molecule has 0 aliphatic carbocycles. The number of nitrogens with zero attached hydrogens (tertiary/aromatic N) is 1. The van der Waals surface area contributed by atoms with E-state index in [-0.39, 0.29) is 6.54 Å². The van der Waals surface area contributed by atoms with Crippen molar-refractivity contribution in [3.8, 4) is 6.07 Å². The Labute approximate surface area is 75.1 Å². The normalized spacial score (nSPS) is 15.2. The predicted molar refractivity (Wildman–Crippen MR) is 47.7 cm³/mol. The van der Waals surface area contributed by atoms with E-state index >= 15 is 0 Å². The van der Waals surface area contributed by atoms with E-state index in [2.05, 4.69) is 0 Å². The maximum atomic E-state index is 9.68. The number of thiophene rings is 1. The summed E-state index contributed by atoms with van der Waals surface area (Å²) in [4.78, 5) is 1.33. The van der Waals surface area contributed by atoms with Gasteiger partial charge >= 0.3 is 0 Å². The summed E-state index contributed by atoms with van der Waals surface area (Å²) >= 11 is 1.27. The first kappa shape index (κ1) is 9.20. The number of hydrogen-bond acceptors (Lipinski definition) is 4. The standard InChI is InChI=1S/C8H10N2OS/c1-8(11,5-10)7-3-2-6(4-9)12-7/h2-3,11H,5,10H2,1H3. The van der Waals surface area contributed by atoms with Gasteiger partial charge in [-0.05, 0) is 19.1 Å². The molecule has 1 rings (SSSR count). The number of aliphatic hydroxyl groups is 1. The van der Waals surface area contributed by atoms with Crippen LogP contribution in [0.15, 0.2) is 12.1 Å². The summed E-state index contributed by atoms with van der Waals surface area (Å²) in [6, 6.07) is 5.43. The summed E-state index contributed by atoms with van der Waals surface area (Å²) in [6.45, 7) is 1.80. The number of nitriles is 1. The summed E-state index contributed by atoms with van der Waals surface area (Å²) in [5, 5.41) is 18.2. The highest BCUT2D eigenvalue weighted by atomic mass is 32.1. The average Bonchev–Trinajstić information content (AvgIpc) is 2.52. The first-order valence-corrected chi connectivity index (χ1v) is 4.34. The van der Waals surface area contributed by atoms with E-state index in [1.807, 2.05) is 6.07 Å². The molecule has 64 valence electrons. The van der Waals surface area contributed by atoms with Gasteiger partial charge in [0.1, 0.15) is 16.5 Å². The van der Waals surface area contributed by atoms with Gasteiger partial charge < -0.3 is 10.8 Å². The van der Waals surface area contributed by atoms with Crippen LogP contribution in [0.2, 0.25) is 0 Å². The lowest BCUT2D eigenvalue weighted by atomic mass is 10.1. The van der Waals surface area contributed by atoms with Crippen molar-refractivity contribution in [1.82, 2.24) is 0 Å². The van der Waals surface area contributed by atoms with Crippen molar-refractivity contribution in [2.75, 3.05) is 6.54 Å². The Balaban J connectivity index is 2.98. The van der Waals surface area contributed by atoms with E-state index in [4.69, 9.17) is 11.0 Å². The molecule has 0 saturated heterocycles. The molecule has 0 spiro atoms. The Morgan fingerprint density at radius 3 is 2.83 bits per heavy atom. The molecule has 0 fully saturated rings. The van der Waals surface area contributed by atoms with Crippen molar-refractivity contribution in [2.24, 2.45) is 5.73 Å². The van der Waals surface area contributed by atoms with Crippen LogP contribution in [0.5, 0.6) is 0 Å². The van der Waals surface area contributed by atoms with Crippen LogP contribution < -0.4 is 5.73 Å². The molecule has 3 N–H and O–H groups in total. The van der Waals surface area contributed by atoms with Gasteiger partial charge in [-0.15, -0.1) is 11.3 Å². The van der Waals surface area contributed by atoms with Crippen molar-refractivity contribution in [3.63, 3.8) is 0 Å². The average molecular weight is 182 g/mol. The van der Waals surface area contributed by atoms with Crippen molar-refractivity contribution >= 4 is 11.3 Å². The van der Waals surface area contributed by atoms with E-state index in [0.717, 1.165) is 4.88 Å². The van der Waals surface area contributed by atoms with E-state index < -0.39 is 5.60 Å². The summed E-state index contributed by atoms with van der Waals surface area (Å²) in [6.07, 6.45) is 0. The molecule has 1 unspecified atom stereocenters. The van der Waals surface area contributed by atoms with Gasteiger partial charge in [0, 0.05) is 11.4 Å². The minimum atomic E-state index is -1.00. The van der Waals surface area contributed by atoms with Gasteiger partial charge in [0.15, 0.2) is 0 Å². The third-order valence-electron chi connectivity index (χ3n) is 1.64. The number of hydrogen-bond donors (Lipinski definition) is 2. The van der Waals surface area contributed by atoms with Crippen LogP contribution in [0.4, 0.5) is 0 Å². The Morgan fingerprint density at radius 1 is 1.75 bits per heavy atom. The van der Waals surface area contributed by atoms with E-state index in [9.17, 15) is 5.11 Å². The molecule has 1 aromatic rings. The maximum absolute atomic E-state index is 9.68. The third-order valence-corrected chi connectivity index (χ3v) is 2.89. The molecule has 4 heteroatoms. The zero-order valence-electron chi connectivity index (χ0n) is 6.74. The van der Waals surface area contributed by atoms with Crippen LogP contribution in [0.3, 0.4) is 0 Å². The Morgan fingerprint density at radius 2 is 2.42 bits per heavy atom. The lowest BCUT2D eigenvalue weighted by Crippen LogP contribution is -2.30. The molecular formula is C8H10N2OS. The van der Waals surface area contributed by atoms with Crippen molar-refractivity contribution in [2.45, 2.75) is 12.5 Å². The van der Waals surface area contributed by atoms with Crippen LogP contribution in [-0.4, -0.2) is 11.7 Å². The molecule has 0 aromatic carbocycles. The van der Waals surface area contributed by atoms with Crippen molar-refractivity contribution in [3.05, 3.63) is 21.9 Å². The first-order chi connectivity index (χ1) is 5.60. The molecule has 1 aromatic heterocycles. The van der Waals surface area contributed by atoms with Gasteiger partial charge in [-0.2, -0.15) is 5.26 Å². The SMILES string of the molecule is CC(O)(CN)c1ccc(C#N)s1. The van der Waals surface area contributed by atoms with Crippen molar-refractivity contribution in [1.29, 1.82) is 5.26 Å². The van der Waals surface area contributed by atoms with Crippen LogP contribution in [-0.2, 0) is 5.60 Å². The van der Waals surface area contributed by atoms with E-state index in [1.54, 1.807) is 19.1 Å². The number of rotatable bonds is 2. The fourth-order valence-corrected chi connectivity index (χ4v) is 1.65. The highest BCUT2D eigenvalue weighted by Gasteiger charge is 2.22. The molecule has 0 radical (unpaired) electrons. The summed E-state index contributed by atoms with van der Waals surface area (Å²) in [7, 11) is 0. The molecule has 0 amide bonds. The molecule has 12 heavy (non-hydrogen) atoms. The molecule has 3 nitrogen and oxygen atoms in total. The van der Waals surface area contributed by atoms with Crippen LogP contribution in [0, 0.1) is 11.3 Å². The predicted octanol–water partition coefficient (Wildman–Crippen LogP) is 0.786. The Bertz CT molecular complexity index is 311. The van der Waals surface area contributed by atoms with Gasteiger partial charge in [-0.25, -0.2) is 0 Å². The molecular weight excluding hydrogens is 172 g/mol. The lowest BCUT2D eigenvalue weighted by molar-refractivity contribution is 0.0707. The minimum absolute atomic E-state index is 0.165. The highest BCUT2D eigenvalue weighted by molar-refractivity contribution is 7.12. The zero-order chi connectivity index (χ0) is 9.19. The zero-order valence-corrected chi connectivity index (χ0v) is 7.56. The van der Waals surface area contributed by atoms with Crippen LogP contribution in [0.1, 0.15) is 16.7 Å². The topological polar surface area (TPSA) is 70.0 Å². The molecule has 0 aliphatic rings. The molecule has 1 atom stereocenters. The smallest absolute Gasteiger partial charge is 0.110 e. The minimum Gasteiger partial charge on any atom is -0.383 e. The lowest BCUT2D eigenvalue weighted by Gasteiger charge is -2.18. The summed E-state index contributed by atoms with van der Waals surface area (Å²) in [5.41, 5.74) is 4.36. The van der Waals surface area contributed by atoms with E-state index in [0.29, 0.717) is 4.88 Å². The fourth-order valence-electron chi connectivity index (χ4n) is 0.788. The first-order valence-electron chi connectivity index (χ1n) is 3.53. The van der Waals surface area contributed by atoms with Crippen LogP contribution in [0.25, 0.3) is 0 Å². The largest absolute Gasteiger partial charge is 0.383 e. The fraction of sp³-hybridized carbons (Fsp3) is 0.375. The van der Waals surface area contributed by atoms with Crippen molar-refractivity contribution < 1.29 is 5.11 Å². The van der Waals surface area contributed by atoms with Gasteiger partial charge in [0.05, 0.1) is 0 Å². The molecule has 0 bridgehead atoms. The van der Waals surface area contributed by atoms with Crippen LogP contribution >= 0.6 is 11.3 Å². The second kappa shape index (κ2) is 3.23. The molecule has 0 saturated carbocycles. The molecule has 1 heterocycles. The second-order valence-corrected chi connectivity index (χ2v) is 3.84. The monoisotopic (exact) mass is 182 g/mol. The summed E-state index contributed by atoms with van der Waals surface area (Å²) < 4.78 is 0. The van der Waals surface area contributed by atoms with E-state index in [1.165, 1.54) is 11.3 Å². The van der Waals surface area contributed by atoms with Gasteiger partial charge in [0.2, 0.25) is 0 Å². The summed E-state index contributed by atoms with van der Waals surface area (Å²) in [5.74, 6) is 0. The highest BCUT2D eigenvalue weighted by Crippen LogP contribution is 2.26. The quantitative estimate of drug-likeness (QED) is 0.710. The third kappa shape index (κ3) is 1.64. The molecule has 0 aliphatic heterocycles. The maximum Gasteiger partial charge on any atom is 0.110 e. The Kier molecular flexibility index (Phi) is 2.48.